The van der Waals surface area contributed by atoms with Gasteiger partial charge in [-0.1, -0.05) is 29.8 Å². The molecule has 0 atom stereocenters. The third-order valence-corrected chi connectivity index (χ3v) is 4.89. The molecular formula is C22H28N4O2. The number of methoxy groups -OCH3 is 1. The molecule has 0 fully saturated rings. The summed E-state index contributed by atoms with van der Waals surface area (Å²) in [4.78, 5) is 20.7. The average molecular weight is 380 g/mol. The van der Waals surface area contributed by atoms with E-state index in [0.717, 1.165) is 30.6 Å². The van der Waals surface area contributed by atoms with Gasteiger partial charge in [0.25, 0.3) is 5.91 Å². The van der Waals surface area contributed by atoms with Crippen LogP contribution in [-0.4, -0.2) is 36.1 Å². The van der Waals surface area contributed by atoms with Crippen LogP contribution in [0.1, 0.15) is 48.2 Å². The Morgan fingerprint density at radius 1 is 1.11 bits per heavy atom. The maximum Gasteiger partial charge on any atom is 0.271 e. The lowest BCUT2D eigenvalue weighted by molar-refractivity contribution is 0.0948. The van der Waals surface area contributed by atoms with E-state index in [1.807, 2.05) is 24.3 Å². The van der Waals surface area contributed by atoms with E-state index in [0.29, 0.717) is 24.6 Å². The van der Waals surface area contributed by atoms with E-state index >= 15 is 0 Å². The summed E-state index contributed by atoms with van der Waals surface area (Å²) in [6.45, 7) is 1.35. The second-order valence-electron chi connectivity index (χ2n) is 6.89. The van der Waals surface area contributed by atoms with E-state index in [4.69, 9.17) is 4.74 Å². The van der Waals surface area contributed by atoms with Crippen molar-refractivity contribution in [1.29, 1.82) is 0 Å². The molecule has 1 aliphatic rings. The number of para-hydroxylation sites is 1. The van der Waals surface area contributed by atoms with Gasteiger partial charge in [0.05, 0.1) is 19.5 Å². The summed E-state index contributed by atoms with van der Waals surface area (Å²) in [5, 5.41) is 6.15. The summed E-state index contributed by atoms with van der Waals surface area (Å²) < 4.78 is 5.36. The first-order valence-corrected chi connectivity index (χ1v) is 9.90. The fourth-order valence-corrected chi connectivity index (χ4v) is 3.33. The maximum absolute atomic E-state index is 12.2. The van der Waals surface area contributed by atoms with E-state index in [-0.39, 0.29) is 5.91 Å². The van der Waals surface area contributed by atoms with Gasteiger partial charge in [-0.3, -0.25) is 4.79 Å². The minimum atomic E-state index is -0.176. The number of benzene rings is 1. The normalized spacial score (nSPS) is 13.5. The van der Waals surface area contributed by atoms with Crippen LogP contribution in [0.25, 0.3) is 0 Å². The van der Waals surface area contributed by atoms with Gasteiger partial charge in [-0.15, -0.1) is 0 Å². The van der Waals surface area contributed by atoms with Gasteiger partial charge in [-0.25, -0.2) is 9.97 Å². The Bertz CT molecular complexity index is 802. The molecule has 0 aliphatic heterocycles. The number of nitrogens with zero attached hydrogens (tertiary/aromatic N) is 2. The van der Waals surface area contributed by atoms with Crippen LogP contribution in [0.3, 0.4) is 0 Å². The number of aromatic nitrogens is 2. The lowest BCUT2D eigenvalue weighted by Gasteiger charge is -2.12. The number of hydrogen-bond acceptors (Lipinski definition) is 5. The second kappa shape index (κ2) is 10.4. The third kappa shape index (κ3) is 5.81. The fourth-order valence-electron chi connectivity index (χ4n) is 3.33. The molecular weight excluding hydrogens is 352 g/mol. The predicted octanol–water partition coefficient (Wildman–Crippen LogP) is 3.76. The molecule has 0 saturated heterocycles. The van der Waals surface area contributed by atoms with Crippen LogP contribution in [0.2, 0.25) is 0 Å². The lowest BCUT2D eigenvalue weighted by Crippen LogP contribution is -2.26. The van der Waals surface area contributed by atoms with Crippen molar-refractivity contribution in [3.8, 4) is 5.75 Å². The molecule has 6 nitrogen and oxygen atoms in total. The van der Waals surface area contributed by atoms with Crippen molar-refractivity contribution < 1.29 is 9.53 Å². The average Bonchev–Trinajstić information content (AvgIpc) is 2.75. The van der Waals surface area contributed by atoms with Gasteiger partial charge in [0.2, 0.25) is 0 Å². The molecule has 2 N–H and O–H groups in total. The number of hydrogen-bond donors (Lipinski definition) is 2. The Labute approximate surface area is 166 Å². The number of ether oxygens (including phenoxy) is 1. The van der Waals surface area contributed by atoms with E-state index in [2.05, 4.69) is 26.7 Å². The molecule has 2 aromatic rings. The lowest BCUT2D eigenvalue weighted by atomic mass is 9.97. The molecule has 0 bridgehead atoms. The smallest absolute Gasteiger partial charge is 0.271 e. The highest BCUT2D eigenvalue weighted by Gasteiger charge is 2.09. The molecule has 1 amide bonds. The van der Waals surface area contributed by atoms with Gasteiger partial charge in [0.15, 0.2) is 0 Å². The van der Waals surface area contributed by atoms with Crippen LogP contribution in [0.4, 0.5) is 5.82 Å². The zero-order valence-corrected chi connectivity index (χ0v) is 16.4. The van der Waals surface area contributed by atoms with Crippen molar-refractivity contribution in [2.75, 3.05) is 25.5 Å². The van der Waals surface area contributed by atoms with Gasteiger partial charge >= 0.3 is 0 Å². The standard InChI is InChI=1S/C22H28N4O2/c1-28-20-10-6-5-9-18(20)12-14-23-21-16-25-19(15-26-21)22(27)24-13-11-17-7-3-2-4-8-17/h5-7,9-10,15-16H,2-4,8,11-14H2,1H3,(H,23,26)(H,24,27). The predicted molar refractivity (Wildman–Crippen MR) is 111 cm³/mol. The Morgan fingerprint density at radius 2 is 2.00 bits per heavy atom. The molecule has 0 saturated carbocycles. The molecule has 3 rings (SSSR count). The molecule has 1 heterocycles. The highest BCUT2D eigenvalue weighted by molar-refractivity contribution is 5.91. The highest BCUT2D eigenvalue weighted by Crippen LogP contribution is 2.19. The van der Waals surface area contributed by atoms with Crippen molar-refractivity contribution in [1.82, 2.24) is 15.3 Å². The Kier molecular flexibility index (Phi) is 7.41. The third-order valence-electron chi connectivity index (χ3n) is 4.89. The fraction of sp³-hybridized carbons (Fsp3) is 0.409. The zero-order chi connectivity index (χ0) is 19.6. The van der Waals surface area contributed by atoms with Crippen LogP contribution in [0.5, 0.6) is 5.75 Å². The largest absolute Gasteiger partial charge is 0.496 e. The number of nitrogens with one attached hydrogen (secondary N) is 2. The van der Waals surface area contributed by atoms with Crippen molar-refractivity contribution in [2.24, 2.45) is 0 Å². The summed E-state index contributed by atoms with van der Waals surface area (Å²) in [6.07, 6.45) is 12.0. The first-order chi connectivity index (χ1) is 13.8. The van der Waals surface area contributed by atoms with Crippen molar-refractivity contribution in [3.63, 3.8) is 0 Å². The second-order valence-corrected chi connectivity index (χ2v) is 6.89. The monoisotopic (exact) mass is 380 g/mol. The van der Waals surface area contributed by atoms with Crippen LogP contribution in [0.15, 0.2) is 48.3 Å². The number of rotatable bonds is 9. The maximum atomic E-state index is 12.2. The Hall–Kier alpha value is -2.89. The molecule has 0 spiro atoms. The number of allylic oxidation sites excluding steroid dienone is 1. The van der Waals surface area contributed by atoms with Gasteiger partial charge in [-0.2, -0.15) is 0 Å². The molecule has 0 unspecified atom stereocenters. The van der Waals surface area contributed by atoms with Gasteiger partial charge in [-0.05, 0) is 50.2 Å². The number of amides is 1. The van der Waals surface area contributed by atoms with Crippen LogP contribution < -0.4 is 15.4 Å². The molecule has 6 heteroatoms. The van der Waals surface area contributed by atoms with Crippen molar-refractivity contribution in [3.05, 3.63) is 59.6 Å². The van der Waals surface area contributed by atoms with Gasteiger partial charge < -0.3 is 15.4 Å². The first kappa shape index (κ1) is 19.9. The summed E-state index contributed by atoms with van der Waals surface area (Å²) in [5.41, 5.74) is 2.93. The van der Waals surface area contributed by atoms with E-state index in [1.54, 1.807) is 13.3 Å². The highest BCUT2D eigenvalue weighted by atomic mass is 16.5. The summed E-state index contributed by atoms with van der Waals surface area (Å²) >= 11 is 0. The molecule has 28 heavy (non-hydrogen) atoms. The first-order valence-electron chi connectivity index (χ1n) is 9.90. The minimum absolute atomic E-state index is 0.176. The number of anilines is 1. The molecule has 148 valence electrons. The molecule has 1 aromatic heterocycles. The Balaban J connectivity index is 1.42. The van der Waals surface area contributed by atoms with Crippen molar-refractivity contribution >= 4 is 11.7 Å². The number of carbonyl (C=O) groups excluding carboxylic acids is 1. The Morgan fingerprint density at radius 3 is 2.75 bits per heavy atom. The van der Waals surface area contributed by atoms with Crippen LogP contribution in [-0.2, 0) is 6.42 Å². The quantitative estimate of drug-likeness (QED) is 0.648. The SMILES string of the molecule is COc1ccccc1CCNc1cnc(C(=O)NCCC2=CCCCC2)cn1. The van der Waals surface area contributed by atoms with Crippen LogP contribution in [0, 0.1) is 0 Å². The van der Waals surface area contributed by atoms with E-state index in [1.165, 1.54) is 31.0 Å². The summed E-state index contributed by atoms with van der Waals surface area (Å²) in [7, 11) is 1.67. The van der Waals surface area contributed by atoms with Gasteiger partial charge in [0.1, 0.15) is 17.3 Å². The van der Waals surface area contributed by atoms with E-state index < -0.39 is 0 Å². The van der Waals surface area contributed by atoms with Gasteiger partial charge in [0, 0.05) is 13.1 Å². The molecule has 1 aliphatic carbocycles. The summed E-state index contributed by atoms with van der Waals surface area (Å²) in [6, 6.07) is 7.95. The number of carbonyl (C=O) groups is 1. The van der Waals surface area contributed by atoms with Crippen LogP contribution >= 0.6 is 0 Å². The van der Waals surface area contributed by atoms with E-state index in [9.17, 15) is 4.79 Å². The molecule has 1 aromatic carbocycles. The minimum Gasteiger partial charge on any atom is -0.496 e. The summed E-state index contributed by atoms with van der Waals surface area (Å²) in [5.74, 6) is 1.36. The zero-order valence-electron chi connectivity index (χ0n) is 16.4. The topological polar surface area (TPSA) is 76.1 Å². The van der Waals surface area contributed by atoms with Crippen molar-refractivity contribution in [2.45, 2.75) is 38.5 Å². The molecule has 0 radical (unpaired) electrons.